The molecule has 0 radical (unpaired) electrons. The van der Waals surface area contributed by atoms with Crippen LogP contribution in [0.1, 0.15) is 11.1 Å². The van der Waals surface area contributed by atoms with Gasteiger partial charge in [-0.05, 0) is 11.1 Å². The van der Waals surface area contributed by atoms with E-state index in [4.69, 9.17) is 9.47 Å². The highest BCUT2D eigenvalue weighted by Crippen LogP contribution is 2.43. The van der Waals surface area contributed by atoms with Crippen LogP contribution in [0.15, 0.2) is 71.8 Å². The van der Waals surface area contributed by atoms with Crippen LogP contribution in [-0.4, -0.2) is 31.9 Å². The molecule has 0 saturated carbocycles. The molecule has 0 unspecified atom stereocenters. The monoisotopic (exact) mass is 348 g/mol. The van der Waals surface area contributed by atoms with Gasteiger partial charge in [0.05, 0.1) is 14.2 Å². The summed E-state index contributed by atoms with van der Waals surface area (Å²) in [5.41, 5.74) is 1.68. The number of rotatable bonds is 4. The number of hydrogen-bond acceptors (Lipinski definition) is 5. The number of benzene rings is 2. The van der Waals surface area contributed by atoms with Crippen LogP contribution in [0.5, 0.6) is 0 Å². The van der Waals surface area contributed by atoms with Gasteiger partial charge in [0.15, 0.2) is 0 Å². The van der Waals surface area contributed by atoms with E-state index in [-0.39, 0.29) is 11.1 Å². The second-order valence-electron chi connectivity index (χ2n) is 5.54. The van der Waals surface area contributed by atoms with Gasteiger partial charge in [0.1, 0.15) is 11.1 Å². The molecule has 2 aromatic carbocycles. The Morgan fingerprint density at radius 1 is 0.654 bits per heavy atom. The van der Waals surface area contributed by atoms with Crippen molar-refractivity contribution >= 4 is 28.9 Å². The zero-order chi connectivity index (χ0) is 18.7. The molecule has 1 aliphatic rings. The summed E-state index contributed by atoms with van der Waals surface area (Å²) in [6, 6.07) is 17.9. The number of allylic oxidation sites excluding steroid dienone is 2. The van der Waals surface area contributed by atoms with Gasteiger partial charge in [0.2, 0.25) is 5.78 Å². The highest BCUT2D eigenvalue weighted by Gasteiger charge is 2.41. The molecule has 26 heavy (non-hydrogen) atoms. The summed E-state index contributed by atoms with van der Waals surface area (Å²) >= 11 is 0. The molecule has 0 bridgehead atoms. The zero-order valence-corrected chi connectivity index (χ0v) is 14.3. The second-order valence-corrected chi connectivity index (χ2v) is 5.54. The van der Waals surface area contributed by atoms with Crippen molar-refractivity contribution in [1.29, 1.82) is 0 Å². The van der Waals surface area contributed by atoms with E-state index in [0.717, 1.165) is 0 Å². The van der Waals surface area contributed by atoms with Crippen LogP contribution < -0.4 is 0 Å². The zero-order valence-electron chi connectivity index (χ0n) is 14.3. The maximum Gasteiger partial charge on any atom is 0.342 e. The number of carbonyl (C=O) groups is 3. The van der Waals surface area contributed by atoms with Crippen LogP contribution in [0.2, 0.25) is 0 Å². The minimum atomic E-state index is -0.791. The number of methoxy groups -OCH3 is 2. The Kier molecular flexibility index (Phi) is 4.80. The molecule has 0 aromatic heterocycles. The van der Waals surface area contributed by atoms with Crippen molar-refractivity contribution in [3.8, 4) is 0 Å². The lowest BCUT2D eigenvalue weighted by Gasteiger charge is -2.12. The Morgan fingerprint density at radius 2 is 1.00 bits per heavy atom. The van der Waals surface area contributed by atoms with Gasteiger partial charge in [-0.15, -0.1) is 0 Å². The number of hydrogen-bond donors (Lipinski definition) is 0. The Bertz CT molecular complexity index is 859. The van der Waals surface area contributed by atoms with Crippen LogP contribution in [0.4, 0.5) is 0 Å². The van der Waals surface area contributed by atoms with Crippen LogP contribution in [-0.2, 0) is 23.9 Å². The Balaban J connectivity index is 2.38. The Morgan fingerprint density at radius 3 is 1.31 bits per heavy atom. The molecular formula is C21H16O5. The maximum atomic E-state index is 13.0. The highest BCUT2D eigenvalue weighted by atomic mass is 16.5. The molecule has 0 heterocycles. The van der Waals surface area contributed by atoms with Crippen molar-refractivity contribution in [1.82, 2.24) is 0 Å². The molecule has 0 N–H and O–H groups in total. The summed E-state index contributed by atoms with van der Waals surface area (Å²) in [7, 11) is 2.40. The number of ether oxygens (including phenoxy) is 2. The third-order valence-electron chi connectivity index (χ3n) is 4.11. The van der Waals surface area contributed by atoms with Crippen LogP contribution in [0.3, 0.4) is 0 Å². The van der Waals surface area contributed by atoms with E-state index in [1.165, 1.54) is 14.2 Å². The van der Waals surface area contributed by atoms with Gasteiger partial charge in [-0.2, -0.15) is 0 Å². The van der Waals surface area contributed by atoms with E-state index < -0.39 is 17.7 Å². The highest BCUT2D eigenvalue weighted by molar-refractivity contribution is 6.47. The third-order valence-corrected chi connectivity index (χ3v) is 4.11. The van der Waals surface area contributed by atoms with Crippen molar-refractivity contribution in [2.45, 2.75) is 0 Å². The normalized spacial score (nSPS) is 13.8. The molecule has 130 valence electrons. The molecule has 2 aromatic rings. The SMILES string of the molecule is COC(=O)C1=C(c2ccccc2)C(c2ccccc2)=C(C(=O)OC)C1=O. The topological polar surface area (TPSA) is 69.7 Å². The van der Waals surface area contributed by atoms with E-state index in [2.05, 4.69) is 0 Å². The van der Waals surface area contributed by atoms with Crippen LogP contribution in [0, 0.1) is 0 Å². The number of carbonyl (C=O) groups excluding carboxylic acids is 3. The molecule has 0 atom stereocenters. The van der Waals surface area contributed by atoms with E-state index >= 15 is 0 Å². The second kappa shape index (κ2) is 7.19. The number of ketones is 1. The largest absolute Gasteiger partial charge is 0.465 e. The average molecular weight is 348 g/mol. The third kappa shape index (κ3) is 2.84. The van der Waals surface area contributed by atoms with Crippen LogP contribution >= 0.6 is 0 Å². The lowest BCUT2D eigenvalue weighted by Crippen LogP contribution is -2.18. The quantitative estimate of drug-likeness (QED) is 0.628. The molecule has 5 nitrogen and oxygen atoms in total. The summed E-state index contributed by atoms with van der Waals surface area (Å²) in [5, 5.41) is 0. The van der Waals surface area contributed by atoms with E-state index in [1.807, 2.05) is 12.1 Å². The summed E-state index contributed by atoms with van der Waals surface area (Å²) in [4.78, 5) is 37.7. The van der Waals surface area contributed by atoms with Gasteiger partial charge < -0.3 is 9.47 Å². The van der Waals surface area contributed by atoms with Gasteiger partial charge in [0.25, 0.3) is 0 Å². The average Bonchev–Trinajstić information content (AvgIpc) is 3.01. The van der Waals surface area contributed by atoms with E-state index in [0.29, 0.717) is 22.3 Å². The van der Waals surface area contributed by atoms with Gasteiger partial charge in [-0.1, -0.05) is 60.7 Å². The van der Waals surface area contributed by atoms with Gasteiger partial charge in [-0.25, -0.2) is 9.59 Å². The van der Waals surface area contributed by atoms with Crippen molar-refractivity contribution < 1.29 is 23.9 Å². The first-order valence-corrected chi connectivity index (χ1v) is 7.91. The van der Waals surface area contributed by atoms with Crippen molar-refractivity contribution in [2.24, 2.45) is 0 Å². The Labute approximate surface area is 150 Å². The molecule has 3 rings (SSSR count). The van der Waals surface area contributed by atoms with E-state index in [1.54, 1.807) is 48.5 Å². The lowest BCUT2D eigenvalue weighted by atomic mass is 9.91. The molecule has 0 fully saturated rings. The molecule has 0 amide bonds. The molecule has 0 aliphatic heterocycles. The minimum absolute atomic E-state index is 0.169. The summed E-state index contributed by atoms with van der Waals surface area (Å²) < 4.78 is 9.61. The van der Waals surface area contributed by atoms with Gasteiger partial charge in [-0.3, -0.25) is 4.79 Å². The minimum Gasteiger partial charge on any atom is -0.465 e. The maximum absolute atomic E-state index is 13.0. The fourth-order valence-corrected chi connectivity index (χ4v) is 2.98. The summed E-state index contributed by atoms with van der Waals surface area (Å²) in [6.07, 6.45) is 0. The van der Waals surface area contributed by atoms with Crippen molar-refractivity contribution in [3.63, 3.8) is 0 Å². The first-order chi connectivity index (χ1) is 12.6. The molecule has 0 saturated heterocycles. The number of Topliss-reactive ketones (excluding diaryl/α,β-unsaturated/α-hetero) is 1. The smallest absolute Gasteiger partial charge is 0.342 e. The van der Waals surface area contributed by atoms with Gasteiger partial charge >= 0.3 is 11.9 Å². The lowest BCUT2D eigenvalue weighted by molar-refractivity contribution is -0.138. The summed E-state index contributed by atoms with van der Waals surface area (Å²) in [5.74, 6) is -2.27. The fraction of sp³-hybridized carbons (Fsp3) is 0.0952. The fourth-order valence-electron chi connectivity index (χ4n) is 2.98. The van der Waals surface area contributed by atoms with E-state index in [9.17, 15) is 14.4 Å². The first kappa shape index (κ1) is 17.4. The molecule has 1 aliphatic carbocycles. The standard InChI is InChI=1S/C21H16O5/c1-25-20(23)17-15(13-9-5-3-6-10-13)16(14-11-7-4-8-12-14)18(19(17)22)21(24)26-2/h3-12H,1-2H3. The molecule has 5 heteroatoms. The predicted octanol–water partition coefficient (Wildman–Crippen LogP) is 2.82. The van der Waals surface area contributed by atoms with Crippen molar-refractivity contribution in [2.75, 3.05) is 14.2 Å². The molecule has 0 spiro atoms. The Hall–Kier alpha value is -3.47. The first-order valence-electron chi connectivity index (χ1n) is 7.91. The van der Waals surface area contributed by atoms with Gasteiger partial charge in [0, 0.05) is 11.1 Å². The number of esters is 2. The predicted molar refractivity (Wildman–Crippen MR) is 95.8 cm³/mol. The van der Waals surface area contributed by atoms with Crippen molar-refractivity contribution in [3.05, 3.63) is 82.9 Å². The van der Waals surface area contributed by atoms with Crippen LogP contribution in [0.25, 0.3) is 11.1 Å². The molecular weight excluding hydrogens is 332 g/mol. The summed E-state index contributed by atoms with van der Waals surface area (Å²) in [6.45, 7) is 0.